The third kappa shape index (κ3) is 5.51. The molecule has 3 aromatic rings. The topological polar surface area (TPSA) is 77.2 Å². The maximum atomic E-state index is 11.8. The van der Waals surface area contributed by atoms with Gasteiger partial charge < -0.3 is 9.15 Å². The molecule has 3 rings (SSSR count). The zero-order chi connectivity index (χ0) is 17.5. The molecule has 25 heavy (non-hydrogen) atoms. The average Bonchev–Trinajstić information content (AvgIpc) is 3.08. The van der Waals surface area contributed by atoms with E-state index in [9.17, 15) is 4.79 Å². The van der Waals surface area contributed by atoms with Gasteiger partial charge >= 0.3 is 6.01 Å². The molecule has 0 aliphatic carbocycles. The molecule has 0 unspecified atom stereocenters. The van der Waals surface area contributed by atoms with Gasteiger partial charge in [0.25, 0.3) is 5.91 Å². The Balaban J connectivity index is 1.45. The Morgan fingerprint density at radius 3 is 2.64 bits per heavy atom. The summed E-state index contributed by atoms with van der Waals surface area (Å²) in [4.78, 5) is 12.9. The van der Waals surface area contributed by atoms with Crippen molar-refractivity contribution in [3.05, 3.63) is 65.5 Å². The average molecular weight is 376 g/mol. The number of aromatic nitrogens is 2. The van der Waals surface area contributed by atoms with Gasteiger partial charge in [0.05, 0.1) is 5.75 Å². The van der Waals surface area contributed by atoms with Crippen molar-refractivity contribution in [3.63, 3.8) is 0 Å². The summed E-state index contributed by atoms with van der Waals surface area (Å²) in [5, 5.41) is 10.8. The normalized spacial score (nSPS) is 10.4. The summed E-state index contributed by atoms with van der Waals surface area (Å²) in [6.45, 7) is -0.169. The summed E-state index contributed by atoms with van der Waals surface area (Å²) in [6.07, 6.45) is 0. The molecule has 1 aromatic heterocycles. The van der Waals surface area contributed by atoms with Gasteiger partial charge in [-0.15, -0.1) is 16.9 Å². The van der Waals surface area contributed by atoms with Gasteiger partial charge in [-0.25, -0.2) is 0 Å². The number of anilines is 1. The molecule has 0 saturated heterocycles. The Kier molecular flexibility index (Phi) is 5.92. The molecule has 0 atom stereocenters. The van der Waals surface area contributed by atoms with Crippen LogP contribution in [0.15, 0.2) is 63.9 Å². The molecule has 1 heterocycles. The van der Waals surface area contributed by atoms with E-state index in [1.165, 1.54) is 0 Å². The van der Waals surface area contributed by atoms with E-state index >= 15 is 0 Å². The lowest BCUT2D eigenvalue weighted by atomic mass is 10.3. The lowest BCUT2D eigenvalue weighted by molar-refractivity contribution is -0.118. The lowest BCUT2D eigenvalue weighted by Crippen LogP contribution is -2.20. The van der Waals surface area contributed by atoms with Crippen molar-refractivity contribution in [3.8, 4) is 5.75 Å². The first-order valence-corrected chi connectivity index (χ1v) is 8.74. The number of nitrogens with zero attached hydrogens (tertiary/aromatic N) is 2. The second kappa shape index (κ2) is 8.55. The molecule has 0 bridgehead atoms. The van der Waals surface area contributed by atoms with Crippen molar-refractivity contribution in [2.24, 2.45) is 0 Å². The first-order chi connectivity index (χ1) is 12.2. The van der Waals surface area contributed by atoms with Gasteiger partial charge in [-0.05, 0) is 36.4 Å². The quantitative estimate of drug-likeness (QED) is 0.628. The number of thioether (sulfide) groups is 1. The second-order valence-corrected chi connectivity index (χ2v) is 6.38. The van der Waals surface area contributed by atoms with Crippen LogP contribution in [-0.4, -0.2) is 22.7 Å². The third-order valence-electron chi connectivity index (χ3n) is 3.00. The first kappa shape index (κ1) is 17.3. The first-order valence-electron chi connectivity index (χ1n) is 7.37. The van der Waals surface area contributed by atoms with Crippen LogP contribution in [0.5, 0.6) is 5.75 Å². The van der Waals surface area contributed by atoms with Crippen molar-refractivity contribution in [1.29, 1.82) is 0 Å². The van der Waals surface area contributed by atoms with Crippen LogP contribution in [0.25, 0.3) is 0 Å². The Morgan fingerprint density at radius 1 is 1.12 bits per heavy atom. The standard InChI is InChI=1S/C17H14ClN3O3S/c18-12-6-8-13(9-7-12)23-10-15(22)19-17-21-20-16(24-17)11-25-14-4-2-1-3-5-14/h1-9H,10-11H2,(H,19,21,22). The fraction of sp³-hybridized carbons (Fsp3) is 0.118. The van der Waals surface area contributed by atoms with Gasteiger partial charge in [0.15, 0.2) is 6.61 Å². The van der Waals surface area contributed by atoms with Crippen LogP contribution in [0, 0.1) is 0 Å². The second-order valence-electron chi connectivity index (χ2n) is 4.89. The van der Waals surface area contributed by atoms with Gasteiger partial charge in [0.2, 0.25) is 5.89 Å². The van der Waals surface area contributed by atoms with Gasteiger partial charge in [0.1, 0.15) is 5.75 Å². The van der Waals surface area contributed by atoms with Crippen molar-refractivity contribution >= 4 is 35.3 Å². The summed E-state index contributed by atoms with van der Waals surface area (Å²) in [5.74, 6) is 1.11. The molecule has 6 nitrogen and oxygen atoms in total. The van der Waals surface area contributed by atoms with Crippen LogP contribution in [-0.2, 0) is 10.5 Å². The molecule has 0 aliphatic rings. The van der Waals surface area contributed by atoms with E-state index in [0.717, 1.165) is 4.90 Å². The maximum Gasteiger partial charge on any atom is 0.322 e. The number of amides is 1. The van der Waals surface area contributed by atoms with Gasteiger partial charge in [-0.3, -0.25) is 10.1 Å². The number of hydrogen-bond donors (Lipinski definition) is 1. The molecule has 0 radical (unpaired) electrons. The predicted octanol–water partition coefficient (Wildman–Crippen LogP) is 4.03. The number of ether oxygens (including phenoxy) is 1. The van der Waals surface area contributed by atoms with Gasteiger partial charge in [0, 0.05) is 9.92 Å². The number of carbonyl (C=O) groups is 1. The van der Waals surface area contributed by atoms with E-state index in [1.54, 1.807) is 36.0 Å². The molecule has 0 saturated carbocycles. The number of nitrogens with one attached hydrogen (secondary N) is 1. The van der Waals surface area contributed by atoms with Crippen LogP contribution in [0.4, 0.5) is 6.01 Å². The van der Waals surface area contributed by atoms with Crippen molar-refractivity contribution in [2.45, 2.75) is 10.6 Å². The smallest absolute Gasteiger partial charge is 0.322 e. The molecule has 2 aromatic carbocycles. The van der Waals surface area contributed by atoms with Crippen molar-refractivity contribution in [2.75, 3.05) is 11.9 Å². The summed E-state index contributed by atoms with van der Waals surface area (Å²) >= 11 is 7.35. The fourth-order valence-corrected chi connectivity index (χ4v) is 2.74. The zero-order valence-electron chi connectivity index (χ0n) is 13.0. The summed E-state index contributed by atoms with van der Waals surface area (Å²) in [7, 11) is 0. The predicted molar refractivity (Wildman–Crippen MR) is 95.9 cm³/mol. The number of hydrogen-bond acceptors (Lipinski definition) is 6. The van der Waals surface area contributed by atoms with E-state index in [-0.39, 0.29) is 18.5 Å². The SMILES string of the molecule is O=C(COc1ccc(Cl)cc1)Nc1nnc(CSc2ccccc2)o1. The minimum atomic E-state index is -0.388. The number of benzene rings is 2. The maximum absolute atomic E-state index is 11.8. The summed E-state index contributed by atoms with van der Waals surface area (Å²) in [6, 6.07) is 16.7. The highest BCUT2D eigenvalue weighted by Gasteiger charge is 2.11. The highest BCUT2D eigenvalue weighted by Crippen LogP contribution is 2.22. The lowest BCUT2D eigenvalue weighted by Gasteiger charge is -2.05. The number of rotatable bonds is 7. The molecule has 0 aliphatic heterocycles. The molecule has 1 amide bonds. The van der Waals surface area contributed by atoms with Crippen molar-refractivity contribution in [1.82, 2.24) is 10.2 Å². The van der Waals surface area contributed by atoms with E-state index in [1.807, 2.05) is 30.3 Å². The monoisotopic (exact) mass is 375 g/mol. The van der Waals surface area contributed by atoms with E-state index in [2.05, 4.69) is 15.5 Å². The fourth-order valence-electron chi connectivity index (χ4n) is 1.86. The summed E-state index contributed by atoms with van der Waals surface area (Å²) < 4.78 is 10.7. The minimum absolute atomic E-state index is 0.0494. The highest BCUT2D eigenvalue weighted by atomic mass is 35.5. The van der Waals surface area contributed by atoms with Crippen LogP contribution in [0.2, 0.25) is 5.02 Å². The Bertz CT molecular complexity index is 825. The molecule has 0 fully saturated rings. The van der Waals surface area contributed by atoms with Crippen LogP contribution in [0.3, 0.4) is 0 Å². The summed E-state index contributed by atoms with van der Waals surface area (Å²) in [5.41, 5.74) is 0. The number of halogens is 1. The van der Waals surface area contributed by atoms with Crippen molar-refractivity contribution < 1.29 is 13.9 Å². The molecule has 1 N–H and O–H groups in total. The largest absolute Gasteiger partial charge is 0.484 e. The van der Waals surface area contributed by atoms with Crippen LogP contribution in [0.1, 0.15) is 5.89 Å². The number of carbonyl (C=O) groups excluding carboxylic acids is 1. The third-order valence-corrected chi connectivity index (χ3v) is 4.25. The molecular weight excluding hydrogens is 362 g/mol. The Hall–Kier alpha value is -2.51. The van der Waals surface area contributed by atoms with Crippen LogP contribution >= 0.6 is 23.4 Å². The van der Waals surface area contributed by atoms with Gasteiger partial charge in [-0.2, -0.15) is 0 Å². The molecular formula is C17H14ClN3O3S. The van der Waals surface area contributed by atoms with E-state index in [0.29, 0.717) is 22.4 Å². The Morgan fingerprint density at radius 2 is 1.88 bits per heavy atom. The molecule has 8 heteroatoms. The molecule has 0 spiro atoms. The van der Waals surface area contributed by atoms with Crippen LogP contribution < -0.4 is 10.1 Å². The minimum Gasteiger partial charge on any atom is -0.484 e. The van der Waals surface area contributed by atoms with E-state index in [4.69, 9.17) is 20.8 Å². The highest BCUT2D eigenvalue weighted by molar-refractivity contribution is 7.98. The van der Waals surface area contributed by atoms with E-state index < -0.39 is 0 Å². The zero-order valence-corrected chi connectivity index (χ0v) is 14.6. The molecule has 128 valence electrons. The Labute approximate surface area is 153 Å². The van der Waals surface area contributed by atoms with Gasteiger partial charge in [-0.1, -0.05) is 34.9 Å².